The van der Waals surface area contributed by atoms with Crippen molar-refractivity contribution >= 4 is 0 Å². The third kappa shape index (κ3) is 3.77. The molecule has 2 fully saturated rings. The number of aliphatic hydroxyl groups is 1. The van der Waals surface area contributed by atoms with Crippen molar-refractivity contribution in [2.24, 2.45) is 5.73 Å². The lowest BCUT2D eigenvalue weighted by molar-refractivity contribution is 0.0571. The summed E-state index contributed by atoms with van der Waals surface area (Å²) in [6, 6.07) is 7.44. The minimum atomic E-state index is -0.109. The fourth-order valence-electron chi connectivity index (χ4n) is 4.92. The molecule has 3 aliphatic rings. The Morgan fingerprint density at radius 2 is 1.85 bits per heavy atom. The van der Waals surface area contributed by atoms with Crippen molar-refractivity contribution in [3.8, 4) is 5.75 Å². The standard InChI is InChI=1S/C21H33N3O2/c1-23-10-8-18(9-11-23)26-19-7-2-15-14-24(21(13-22)20(15)12-19)16-3-5-17(25)6-4-16/h2,7,12,16-18,21,25H,3-6,8-11,13-14,22H2,1H3. The van der Waals surface area contributed by atoms with Crippen molar-refractivity contribution in [2.75, 3.05) is 26.7 Å². The summed E-state index contributed by atoms with van der Waals surface area (Å²) >= 11 is 0. The highest BCUT2D eigenvalue weighted by molar-refractivity contribution is 5.41. The van der Waals surface area contributed by atoms with Crippen molar-refractivity contribution < 1.29 is 9.84 Å². The molecule has 1 unspecified atom stereocenters. The van der Waals surface area contributed by atoms with E-state index in [2.05, 4.69) is 35.0 Å². The highest BCUT2D eigenvalue weighted by Crippen LogP contribution is 2.40. The van der Waals surface area contributed by atoms with E-state index in [4.69, 9.17) is 10.5 Å². The van der Waals surface area contributed by atoms with Crippen LogP contribution in [0.3, 0.4) is 0 Å². The Labute approximate surface area is 157 Å². The first-order valence-electron chi connectivity index (χ1n) is 10.3. The quantitative estimate of drug-likeness (QED) is 0.864. The average molecular weight is 360 g/mol. The molecule has 26 heavy (non-hydrogen) atoms. The van der Waals surface area contributed by atoms with E-state index in [0.29, 0.717) is 18.7 Å². The Balaban J connectivity index is 1.45. The molecular weight excluding hydrogens is 326 g/mol. The second-order valence-electron chi connectivity index (χ2n) is 8.37. The van der Waals surface area contributed by atoms with Gasteiger partial charge in [0.1, 0.15) is 11.9 Å². The van der Waals surface area contributed by atoms with Gasteiger partial charge >= 0.3 is 0 Å². The van der Waals surface area contributed by atoms with Gasteiger partial charge < -0.3 is 20.5 Å². The van der Waals surface area contributed by atoms with E-state index in [1.165, 1.54) is 11.1 Å². The number of nitrogens with zero attached hydrogens (tertiary/aromatic N) is 2. The number of benzene rings is 1. The molecule has 1 saturated heterocycles. The summed E-state index contributed by atoms with van der Waals surface area (Å²) in [5, 5.41) is 9.81. The van der Waals surface area contributed by atoms with Gasteiger partial charge in [-0.15, -0.1) is 0 Å². The monoisotopic (exact) mass is 359 g/mol. The largest absolute Gasteiger partial charge is 0.490 e. The zero-order valence-electron chi connectivity index (χ0n) is 15.9. The van der Waals surface area contributed by atoms with Crippen molar-refractivity contribution in [2.45, 2.75) is 69.4 Å². The number of ether oxygens (including phenoxy) is 1. The molecule has 0 spiro atoms. The number of rotatable bonds is 4. The molecular formula is C21H33N3O2. The SMILES string of the molecule is CN1CCC(Oc2ccc3c(c2)C(CN)N(C2CCC(O)CC2)C3)CC1. The molecule has 4 rings (SSSR count). The van der Waals surface area contributed by atoms with E-state index in [0.717, 1.165) is 63.9 Å². The number of hydrogen-bond donors (Lipinski definition) is 2. The van der Waals surface area contributed by atoms with E-state index in [1.807, 2.05) is 0 Å². The fraction of sp³-hybridized carbons (Fsp3) is 0.714. The molecule has 5 heteroatoms. The second-order valence-corrected chi connectivity index (χ2v) is 8.37. The number of fused-ring (bicyclic) bond motifs is 1. The molecule has 1 aromatic carbocycles. The van der Waals surface area contributed by atoms with Gasteiger partial charge in [0, 0.05) is 38.3 Å². The smallest absolute Gasteiger partial charge is 0.120 e. The molecule has 2 heterocycles. The molecule has 1 aliphatic carbocycles. The van der Waals surface area contributed by atoms with Crippen LogP contribution in [0.2, 0.25) is 0 Å². The lowest BCUT2D eigenvalue weighted by Gasteiger charge is -2.36. The third-order valence-electron chi connectivity index (χ3n) is 6.56. The number of aliphatic hydroxyl groups excluding tert-OH is 1. The first kappa shape index (κ1) is 18.2. The van der Waals surface area contributed by atoms with Crippen LogP contribution in [0.4, 0.5) is 0 Å². The van der Waals surface area contributed by atoms with Gasteiger partial charge in [-0.25, -0.2) is 0 Å². The molecule has 144 valence electrons. The van der Waals surface area contributed by atoms with E-state index >= 15 is 0 Å². The average Bonchev–Trinajstić information content (AvgIpc) is 3.02. The summed E-state index contributed by atoms with van der Waals surface area (Å²) in [5.41, 5.74) is 8.93. The van der Waals surface area contributed by atoms with Gasteiger partial charge in [0.15, 0.2) is 0 Å². The van der Waals surface area contributed by atoms with Crippen molar-refractivity contribution in [3.05, 3.63) is 29.3 Å². The van der Waals surface area contributed by atoms with Crippen LogP contribution < -0.4 is 10.5 Å². The van der Waals surface area contributed by atoms with E-state index in [9.17, 15) is 5.11 Å². The van der Waals surface area contributed by atoms with Gasteiger partial charge in [0.2, 0.25) is 0 Å². The van der Waals surface area contributed by atoms with Crippen LogP contribution in [-0.4, -0.2) is 59.8 Å². The maximum Gasteiger partial charge on any atom is 0.120 e. The lowest BCUT2D eigenvalue weighted by atomic mass is 9.91. The Kier molecular flexibility index (Phi) is 5.50. The summed E-state index contributed by atoms with van der Waals surface area (Å²) in [4.78, 5) is 4.93. The van der Waals surface area contributed by atoms with Crippen LogP contribution in [0.15, 0.2) is 18.2 Å². The van der Waals surface area contributed by atoms with Gasteiger partial charge in [-0.05, 0) is 68.8 Å². The van der Waals surface area contributed by atoms with Crippen LogP contribution >= 0.6 is 0 Å². The predicted molar refractivity (Wildman–Crippen MR) is 103 cm³/mol. The predicted octanol–water partition coefficient (Wildman–Crippen LogP) is 2.28. The Bertz CT molecular complexity index is 607. The van der Waals surface area contributed by atoms with Crippen molar-refractivity contribution in [1.82, 2.24) is 9.80 Å². The zero-order chi connectivity index (χ0) is 18.1. The maximum atomic E-state index is 9.81. The summed E-state index contributed by atoms with van der Waals surface area (Å²) in [6.45, 7) is 3.85. The van der Waals surface area contributed by atoms with Gasteiger partial charge in [-0.1, -0.05) is 6.07 Å². The molecule has 0 amide bonds. The van der Waals surface area contributed by atoms with E-state index in [1.54, 1.807) is 0 Å². The molecule has 0 aromatic heterocycles. The molecule has 1 saturated carbocycles. The zero-order valence-corrected chi connectivity index (χ0v) is 15.9. The topological polar surface area (TPSA) is 62.0 Å². The van der Waals surface area contributed by atoms with Crippen LogP contribution in [0, 0.1) is 0 Å². The minimum absolute atomic E-state index is 0.109. The minimum Gasteiger partial charge on any atom is -0.490 e. The fourth-order valence-corrected chi connectivity index (χ4v) is 4.92. The van der Waals surface area contributed by atoms with E-state index in [-0.39, 0.29) is 12.1 Å². The van der Waals surface area contributed by atoms with Gasteiger partial charge in [-0.3, -0.25) is 4.90 Å². The third-order valence-corrected chi connectivity index (χ3v) is 6.56. The van der Waals surface area contributed by atoms with Crippen LogP contribution in [0.5, 0.6) is 5.75 Å². The summed E-state index contributed by atoms with van der Waals surface area (Å²) in [7, 11) is 2.18. The van der Waals surface area contributed by atoms with E-state index < -0.39 is 0 Å². The summed E-state index contributed by atoms with van der Waals surface area (Å²) in [5.74, 6) is 0.998. The molecule has 1 atom stereocenters. The molecule has 0 bridgehead atoms. The van der Waals surface area contributed by atoms with Gasteiger partial charge in [0.05, 0.1) is 6.10 Å². The second kappa shape index (κ2) is 7.85. The lowest BCUT2D eigenvalue weighted by Crippen LogP contribution is -2.40. The van der Waals surface area contributed by atoms with Crippen LogP contribution in [0.1, 0.15) is 55.7 Å². The Hall–Kier alpha value is -1.14. The number of nitrogens with two attached hydrogens (primary N) is 1. The Morgan fingerprint density at radius 3 is 2.54 bits per heavy atom. The van der Waals surface area contributed by atoms with Crippen LogP contribution in [-0.2, 0) is 6.54 Å². The molecule has 5 nitrogen and oxygen atoms in total. The summed E-state index contributed by atoms with van der Waals surface area (Å²) < 4.78 is 6.30. The highest BCUT2D eigenvalue weighted by atomic mass is 16.5. The molecule has 1 aromatic rings. The Morgan fingerprint density at radius 1 is 1.12 bits per heavy atom. The molecule has 0 radical (unpaired) electrons. The first-order chi connectivity index (χ1) is 12.6. The van der Waals surface area contributed by atoms with Gasteiger partial charge in [-0.2, -0.15) is 0 Å². The van der Waals surface area contributed by atoms with Crippen molar-refractivity contribution in [3.63, 3.8) is 0 Å². The van der Waals surface area contributed by atoms with Crippen LogP contribution in [0.25, 0.3) is 0 Å². The molecule has 2 aliphatic heterocycles. The maximum absolute atomic E-state index is 9.81. The number of likely N-dealkylation sites (tertiary alicyclic amines) is 1. The summed E-state index contributed by atoms with van der Waals surface area (Å²) in [6.07, 6.45) is 6.41. The van der Waals surface area contributed by atoms with Gasteiger partial charge in [0.25, 0.3) is 0 Å². The number of piperidine rings is 1. The normalized spacial score (nSPS) is 31.1. The molecule has 3 N–H and O–H groups in total. The van der Waals surface area contributed by atoms with Crippen molar-refractivity contribution in [1.29, 1.82) is 0 Å². The number of hydrogen-bond acceptors (Lipinski definition) is 5. The first-order valence-corrected chi connectivity index (χ1v) is 10.3. The highest BCUT2D eigenvalue weighted by Gasteiger charge is 2.36.